The Hall–Kier alpha value is -3.93. The topological polar surface area (TPSA) is 154 Å². The van der Waals surface area contributed by atoms with E-state index in [1.807, 2.05) is 6.92 Å². The fourth-order valence-electron chi connectivity index (χ4n) is 4.25. The van der Waals surface area contributed by atoms with Gasteiger partial charge in [-0.2, -0.15) is 0 Å². The van der Waals surface area contributed by atoms with Crippen molar-refractivity contribution in [3.63, 3.8) is 0 Å². The second-order valence-electron chi connectivity index (χ2n) is 8.77. The molecule has 0 saturated carbocycles. The summed E-state index contributed by atoms with van der Waals surface area (Å²) in [6, 6.07) is 4.70. The van der Waals surface area contributed by atoms with Gasteiger partial charge in [0.05, 0.1) is 5.39 Å². The van der Waals surface area contributed by atoms with Crippen LogP contribution >= 0.6 is 0 Å². The average molecular weight is 535 g/mol. The smallest absolute Gasteiger partial charge is 0.336 e. The number of carbonyl (C=O) groups excluding carboxylic acids is 4. The van der Waals surface area contributed by atoms with Gasteiger partial charge in [0.2, 0.25) is 12.4 Å². The summed E-state index contributed by atoms with van der Waals surface area (Å²) in [6.07, 6.45) is -6.19. The van der Waals surface area contributed by atoms with Gasteiger partial charge in [-0.1, -0.05) is 6.92 Å². The standard InChI is InChI=1S/C26H30O12/c1-7-17-10-21(31)36-18-8-12(2)9-19(22(17)18)37-26-25(35-16(6)30)24(34-15(5)29)23(33-14(4)28)20(38-26)11-32-13(3)27/h8-10,20,23-26H,7,11H2,1-6H3. The van der Waals surface area contributed by atoms with E-state index in [1.54, 1.807) is 19.1 Å². The molecule has 5 atom stereocenters. The summed E-state index contributed by atoms with van der Waals surface area (Å²) in [7, 11) is 0. The molecular weight excluding hydrogens is 504 g/mol. The van der Waals surface area contributed by atoms with Gasteiger partial charge < -0.3 is 32.8 Å². The lowest BCUT2D eigenvalue weighted by Gasteiger charge is -2.44. The molecule has 0 radical (unpaired) electrons. The predicted molar refractivity (Wildman–Crippen MR) is 129 cm³/mol. The SMILES string of the molecule is CCc1cc(=O)oc2cc(C)cc(OC3OC(COC(C)=O)C(OC(C)=O)C(OC(C)=O)C3OC(C)=O)c12. The quantitative estimate of drug-likeness (QED) is 0.277. The number of rotatable bonds is 8. The van der Waals surface area contributed by atoms with Crippen LogP contribution in [0.15, 0.2) is 27.4 Å². The molecular formula is C26H30O12. The molecule has 1 saturated heterocycles. The van der Waals surface area contributed by atoms with Crippen LogP contribution in [0.25, 0.3) is 11.0 Å². The Kier molecular flexibility index (Phi) is 9.10. The van der Waals surface area contributed by atoms with Crippen molar-refractivity contribution in [2.75, 3.05) is 6.61 Å². The number of hydrogen-bond acceptors (Lipinski definition) is 12. The van der Waals surface area contributed by atoms with E-state index in [1.165, 1.54) is 13.0 Å². The van der Waals surface area contributed by atoms with Crippen molar-refractivity contribution in [3.8, 4) is 5.75 Å². The molecule has 2 heterocycles. The molecule has 1 aliphatic heterocycles. The zero-order valence-electron chi connectivity index (χ0n) is 21.9. The summed E-state index contributed by atoms with van der Waals surface area (Å²) < 4.78 is 39.0. The van der Waals surface area contributed by atoms with Gasteiger partial charge in [0.15, 0.2) is 12.2 Å². The second-order valence-corrected chi connectivity index (χ2v) is 8.77. The van der Waals surface area contributed by atoms with Gasteiger partial charge in [-0.15, -0.1) is 0 Å². The summed E-state index contributed by atoms with van der Waals surface area (Å²) in [4.78, 5) is 59.6. The molecule has 0 spiro atoms. The normalized spacial score (nSPS) is 22.8. The van der Waals surface area contributed by atoms with Crippen molar-refractivity contribution >= 4 is 34.8 Å². The first-order valence-corrected chi connectivity index (χ1v) is 11.9. The molecule has 0 amide bonds. The maximum atomic E-state index is 12.1. The van der Waals surface area contributed by atoms with Crippen molar-refractivity contribution in [2.24, 2.45) is 0 Å². The zero-order valence-corrected chi connectivity index (χ0v) is 21.9. The molecule has 206 valence electrons. The molecule has 38 heavy (non-hydrogen) atoms. The molecule has 12 heteroatoms. The maximum Gasteiger partial charge on any atom is 0.336 e. The Morgan fingerprint density at radius 3 is 2.03 bits per heavy atom. The van der Waals surface area contributed by atoms with Crippen molar-refractivity contribution in [1.82, 2.24) is 0 Å². The third-order valence-electron chi connectivity index (χ3n) is 5.61. The molecule has 1 aromatic heterocycles. The van der Waals surface area contributed by atoms with Crippen LogP contribution in [-0.2, 0) is 49.3 Å². The Balaban J connectivity index is 2.14. The molecule has 0 N–H and O–H groups in total. The number of hydrogen-bond donors (Lipinski definition) is 0. The highest BCUT2D eigenvalue weighted by atomic mass is 16.7. The Labute approximate surface area is 218 Å². The largest absolute Gasteiger partial charge is 0.463 e. The first-order valence-electron chi connectivity index (χ1n) is 11.9. The summed E-state index contributed by atoms with van der Waals surface area (Å²) in [5.41, 5.74) is 1.07. The molecule has 1 aromatic carbocycles. The van der Waals surface area contributed by atoms with E-state index >= 15 is 0 Å². The van der Waals surface area contributed by atoms with Crippen LogP contribution in [0, 0.1) is 6.92 Å². The number of fused-ring (bicyclic) bond motifs is 1. The van der Waals surface area contributed by atoms with Crippen molar-refractivity contribution in [3.05, 3.63) is 39.7 Å². The first kappa shape index (κ1) is 28.6. The molecule has 1 fully saturated rings. The van der Waals surface area contributed by atoms with E-state index in [0.717, 1.165) is 20.8 Å². The molecule has 5 unspecified atom stereocenters. The summed E-state index contributed by atoms with van der Waals surface area (Å²) in [5, 5.41) is 0.491. The lowest BCUT2D eigenvalue weighted by Crippen LogP contribution is -2.63. The summed E-state index contributed by atoms with van der Waals surface area (Å²) in [6.45, 7) is 7.81. The number of ether oxygens (including phenoxy) is 6. The van der Waals surface area contributed by atoms with Gasteiger partial charge in [-0.3, -0.25) is 19.2 Å². The highest BCUT2D eigenvalue weighted by Crippen LogP contribution is 2.35. The minimum Gasteiger partial charge on any atom is -0.463 e. The van der Waals surface area contributed by atoms with Gasteiger partial charge >= 0.3 is 29.5 Å². The van der Waals surface area contributed by atoms with Crippen molar-refractivity contribution < 1.29 is 52.0 Å². The fraction of sp³-hybridized carbons (Fsp3) is 0.500. The van der Waals surface area contributed by atoms with Gasteiger partial charge in [-0.25, -0.2) is 4.79 Å². The summed E-state index contributed by atoms with van der Waals surface area (Å²) >= 11 is 0. The van der Waals surface area contributed by atoms with Gasteiger partial charge in [0.25, 0.3) is 0 Å². The number of carbonyl (C=O) groups is 4. The number of aryl methyl sites for hydroxylation is 2. The van der Waals surface area contributed by atoms with Crippen LogP contribution in [0.5, 0.6) is 5.75 Å². The Morgan fingerprint density at radius 2 is 1.45 bits per heavy atom. The minimum absolute atomic E-state index is 0.237. The average Bonchev–Trinajstić information content (AvgIpc) is 2.79. The monoisotopic (exact) mass is 534 g/mol. The molecule has 3 rings (SSSR count). The third kappa shape index (κ3) is 6.88. The van der Waals surface area contributed by atoms with Crippen LogP contribution in [0.1, 0.15) is 45.7 Å². The van der Waals surface area contributed by atoms with Gasteiger partial charge in [0.1, 0.15) is 24.0 Å². The van der Waals surface area contributed by atoms with Crippen molar-refractivity contribution in [2.45, 2.75) is 78.7 Å². The van der Waals surface area contributed by atoms with Crippen LogP contribution in [0.3, 0.4) is 0 Å². The highest BCUT2D eigenvalue weighted by Gasteiger charge is 2.53. The van der Waals surface area contributed by atoms with Crippen LogP contribution in [-0.4, -0.2) is 61.2 Å². The maximum absolute atomic E-state index is 12.1. The lowest BCUT2D eigenvalue weighted by molar-refractivity contribution is -0.288. The molecule has 2 aromatic rings. The van der Waals surface area contributed by atoms with Crippen LogP contribution in [0.2, 0.25) is 0 Å². The second kappa shape index (κ2) is 12.1. The Morgan fingerprint density at radius 1 is 0.842 bits per heavy atom. The summed E-state index contributed by atoms with van der Waals surface area (Å²) in [5.74, 6) is -2.64. The third-order valence-corrected chi connectivity index (χ3v) is 5.61. The van der Waals surface area contributed by atoms with E-state index < -0.39 is 60.2 Å². The van der Waals surface area contributed by atoms with E-state index in [0.29, 0.717) is 22.9 Å². The molecule has 12 nitrogen and oxygen atoms in total. The van der Waals surface area contributed by atoms with Crippen LogP contribution in [0.4, 0.5) is 0 Å². The van der Waals surface area contributed by atoms with Crippen LogP contribution < -0.4 is 10.4 Å². The predicted octanol–water partition coefficient (Wildman–Crippen LogP) is 2.13. The van der Waals surface area contributed by atoms with Gasteiger partial charge in [0, 0.05) is 33.8 Å². The minimum atomic E-state index is -1.42. The van der Waals surface area contributed by atoms with Gasteiger partial charge in [-0.05, 0) is 36.6 Å². The zero-order chi connectivity index (χ0) is 28.1. The Bertz CT molecular complexity index is 1280. The van der Waals surface area contributed by atoms with Crippen molar-refractivity contribution in [1.29, 1.82) is 0 Å². The molecule has 0 aliphatic carbocycles. The molecule has 0 bridgehead atoms. The number of esters is 4. The van der Waals surface area contributed by atoms with E-state index in [2.05, 4.69) is 0 Å². The highest BCUT2D eigenvalue weighted by molar-refractivity contribution is 5.87. The van der Waals surface area contributed by atoms with E-state index in [9.17, 15) is 24.0 Å². The lowest BCUT2D eigenvalue weighted by atomic mass is 9.98. The van der Waals surface area contributed by atoms with E-state index in [-0.39, 0.29) is 17.9 Å². The fourth-order valence-corrected chi connectivity index (χ4v) is 4.25. The van der Waals surface area contributed by atoms with E-state index in [4.69, 9.17) is 32.8 Å². The molecule has 1 aliphatic rings. The number of benzene rings is 1. The first-order chi connectivity index (χ1) is 17.9.